The zero-order valence-corrected chi connectivity index (χ0v) is 13.9. The van der Waals surface area contributed by atoms with Crippen LogP contribution in [0.5, 0.6) is 0 Å². The van der Waals surface area contributed by atoms with Gasteiger partial charge in [0.2, 0.25) is 5.91 Å². The number of benzene rings is 1. The van der Waals surface area contributed by atoms with Crippen molar-refractivity contribution in [3.8, 4) is 0 Å². The number of carbonyl (C=O) groups is 2. The van der Waals surface area contributed by atoms with Gasteiger partial charge in [0.15, 0.2) is 0 Å². The van der Waals surface area contributed by atoms with E-state index in [-0.39, 0.29) is 12.3 Å². The van der Waals surface area contributed by atoms with E-state index >= 15 is 0 Å². The molecule has 0 unspecified atom stereocenters. The van der Waals surface area contributed by atoms with Crippen LogP contribution in [0.3, 0.4) is 0 Å². The molecule has 2 rings (SSSR count). The first-order chi connectivity index (χ1) is 11.0. The van der Waals surface area contributed by atoms with Crippen molar-refractivity contribution in [1.82, 2.24) is 5.32 Å². The number of anilines is 1. The van der Waals surface area contributed by atoms with Crippen molar-refractivity contribution in [3.05, 3.63) is 28.2 Å². The molecule has 0 saturated carbocycles. The van der Waals surface area contributed by atoms with Gasteiger partial charge in [0.1, 0.15) is 5.84 Å². The summed E-state index contributed by atoms with van der Waals surface area (Å²) >= 11 is 11.9. The third-order valence-electron chi connectivity index (χ3n) is 3.33. The van der Waals surface area contributed by atoms with Gasteiger partial charge in [0, 0.05) is 25.8 Å². The second-order valence-electron chi connectivity index (χ2n) is 5.17. The first-order valence-electron chi connectivity index (χ1n) is 7.27. The van der Waals surface area contributed by atoms with Crippen molar-refractivity contribution in [1.29, 1.82) is 0 Å². The molecule has 0 saturated heterocycles. The largest absolute Gasteiger partial charge is 0.481 e. The summed E-state index contributed by atoms with van der Waals surface area (Å²) in [6.45, 7) is 0.645. The first kappa shape index (κ1) is 17.6. The van der Waals surface area contributed by atoms with E-state index in [2.05, 4.69) is 10.4 Å². The molecule has 0 bridgehead atoms. The molecule has 23 heavy (non-hydrogen) atoms. The zero-order chi connectivity index (χ0) is 16.8. The minimum Gasteiger partial charge on any atom is -0.481 e. The molecule has 1 aromatic rings. The third kappa shape index (κ3) is 5.41. The first-order valence-corrected chi connectivity index (χ1v) is 8.03. The molecule has 6 nitrogen and oxygen atoms in total. The van der Waals surface area contributed by atoms with Gasteiger partial charge in [0.25, 0.3) is 0 Å². The van der Waals surface area contributed by atoms with Crippen LogP contribution in [0.25, 0.3) is 0 Å². The van der Waals surface area contributed by atoms with E-state index in [1.165, 1.54) is 0 Å². The Bertz CT molecular complexity index is 634. The van der Waals surface area contributed by atoms with Crippen molar-refractivity contribution in [2.24, 2.45) is 5.10 Å². The average Bonchev–Trinajstić information content (AvgIpc) is 2.95. The molecule has 0 aromatic heterocycles. The molecule has 8 heteroatoms. The second-order valence-corrected chi connectivity index (χ2v) is 5.98. The number of carboxylic acid groups (broad SMARTS) is 1. The molecule has 124 valence electrons. The smallest absolute Gasteiger partial charge is 0.303 e. The van der Waals surface area contributed by atoms with E-state index in [1.54, 1.807) is 17.1 Å². The number of hydrogen-bond donors (Lipinski definition) is 2. The van der Waals surface area contributed by atoms with Crippen molar-refractivity contribution in [2.45, 2.75) is 32.1 Å². The van der Waals surface area contributed by atoms with Gasteiger partial charge in [0.05, 0.1) is 15.7 Å². The number of halogens is 2. The summed E-state index contributed by atoms with van der Waals surface area (Å²) in [6, 6.07) is 5.24. The fourth-order valence-corrected chi connectivity index (χ4v) is 2.45. The predicted octanol–water partition coefficient (Wildman–Crippen LogP) is 3.28. The van der Waals surface area contributed by atoms with Gasteiger partial charge in [-0.2, -0.15) is 5.10 Å². The highest BCUT2D eigenvalue weighted by atomic mass is 35.5. The van der Waals surface area contributed by atoms with Gasteiger partial charge >= 0.3 is 5.97 Å². The molecular weight excluding hydrogens is 341 g/mol. The van der Waals surface area contributed by atoms with Crippen LogP contribution in [0.4, 0.5) is 5.69 Å². The van der Waals surface area contributed by atoms with Crippen LogP contribution in [0.15, 0.2) is 23.3 Å². The number of rotatable bonds is 6. The maximum atomic E-state index is 11.8. The number of nitrogens with one attached hydrogen (secondary N) is 1. The van der Waals surface area contributed by atoms with E-state index < -0.39 is 5.97 Å². The Balaban J connectivity index is 1.83. The summed E-state index contributed by atoms with van der Waals surface area (Å²) in [4.78, 5) is 22.2. The predicted molar refractivity (Wildman–Crippen MR) is 90.1 cm³/mol. The van der Waals surface area contributed by atoms with Crippen molar-refractivity contribution in [3.63, 3.8) is 0 Å². The maximum absolute atomic E-state index is 11.8. The summed E-state index contributed by atoms with van der Waals surface area (Å²) in [5.41, 5.74) is 0.810. The van der Waals surface area contributed by atoms with Crippen LogP contribution < -0.4 is 10.3 Å². The molecule has 1 aromatic carbocycles. The minimum atomic E-state index is -0.845. The molecule has 0 aliphatic carbocycles. The summed E-state index contributed by atoms with van der Waals surface area (Å²) < 4.78 is 0. The lowest BCUT2D eigenvalue weighted by Crippen LogP contribution is -2.29. The van der Waals surface area contributed by atoms with Crippen LogP contribution in [0, 0.1) is 0 Å². The van der Waals surface area contributed by atoms with Crippen LogP contribution in [-0.4, -0.2) is 29.4 Å². The monoisotopic (exact) mass is 357 g/mol. The lowest BCUT2D eigenvalue weighted by molar-refractivity contribution is -0.137. The van der Waals surface area contributed by atoms with E-state index in [0.29, 0.717) is 48.1 Å². The number of hydrogen-bond acceptors (Lipinski definition) is 4. The van der Waals surface area contributed by atoms with Crippen molar-refractivity contribution >= 4 is 46.6 Å². The molecule has 0 radical (unpaired) electrons. The number of carboxylic acids is 1. The fourth-order valence-electron chi connectivity index (χ4n) is 2.16. The van der Waals surface area contributed by atoms with E-state index in [9.17, 15) is 9.59 Å². The molecule has 1 aliphatic rings. The average molecular weight is 358 g/mol. The Morgan fingerprint density at radius 2 is 1.96 bits per heavy atom. The third-order valence-corrected chi connectivity index (χ3v) is 4.07. The van der Waals surface area contributed by atoms with Gasteiger partial charge in [-0.1, -0.05) is 23.2 Å². The molecular formula is C15H17Cl2N3O3. The fraction of sp³-hybridized carbons (Fsp3) is 0.400. The van der Waals surface area contributed by atoms with Crippen molar-refractivity contribution < 1.29 is 14.7 Å². The number of amides is 1. The summed E-state index contributed by atoms with van der Waals surface area (Å²) in [5, 5.41) is 18.3. The van der Waals surface area contributed by atoms with Crippen LogP contribution in [0.1, 0.15) is 32.1 Å². The van der Waals surface area contributed by atoms with Gasteiger partial charge in [-0.25, -0.2) is 0 Å². The number of nitrogens with zero attached hydrogens (tertiary/aromatic N) is 2. The molecule has 1 amide bonds. The summed E-state index contributed by atoms with van der Waals surface area (Å²) in [7, 11) is 0. The minimum absolute atomic E-state index is 0.0827. The Kier molecular flexibility index (Phi) is 6.24. The number of aliphatic carboxylic acids is 1. The number of amidine groups is 1. The Hall–Kier alpha value is -1.79. The number of unbranched alkanes of at least 4 members (excludes halogenated alkanes) is 1. The summed E-state index contributed by atoms with van der Waals surface area (Å²) in [6.07, 6.45) is 2.03. The molecule has 0 fully saturated rings. The second kappa shape index (κ2) is 8.17. The van der Waals surface area contributed by atoms with Gasteiger partial charge < -0.3 is 10.4 Å². The number of hydrazone groups is 1. The van der Waals surface area contributed by atoms with E-state index in [0.717, 1.165) is 5.69 Å². The van der Waals surface area contributed by atoms with Crippen LogP contribution in [0.2, 0.25) is 10.0 Å². The highest BCUT2D eigenvalue weighted by Crippen LogP contribution is 2.28. The standard InChI is InChI=1S/C15H17Cl2N3O3/c16-11-6-5-10(9-12(11)17)20-8-7-13(19-20)18-14(21)3-1-2-4-15(22)23/h5-6,9H,1-4,7-8H2,(H,22,23)(H,18,19,21). The Labute approximate surface area is 144 Å². The summed E-state index contributed by atoms with van der Waals surface area (Å²) in [5.74, 6) is -0.396. The quantitative estimate of drug-likeness (QED) is 0.765. The molecule has 1 heterocycles. The van der Waals surface area contributed by atoms with Crippen molar-refractivity contribution in [2.75, 3.05) is 11.6 Å². The van der Waals surface area contributed by atoms with Gasteiger partial charge in [-0.05, 0) is 31.0 Å². The van der Waals surface area contributed by atoms with Crippen LogP contribution >= 0.6 is 23.2 Å². The highest BCUT2D eigenvalue weighted by molar-refractivity contribution is 6.42. The maximum Gasteiger partial charge on any atom is 0.303 e. The molecule has 0 spiro atoms. The van der Waals surface area contributed by atoms with E-state index in [1.807, 2.05) is 6.07 Å². The topological polar surface area (TPSA) is 82.0 Å². The molecule has 2 N–H and O–H groups in total. The van der Waals surface area contributed by atoms with Crippen LogP contribution in [-0.2, 0) is 9.59 Å². The molecule has 1 aliphatic heterocycles. The normalized spacial score (nSPS) is 13.8. The lowest BCUT2D eigenvalue weighted by Gasteiger charge is -2.13. The van der Waals surface area contributed by atoms with Gasteiger partial charge in [-0.15, -0.1) is 0 Å². The Morgan fingerprint density at radius 3 is 2.65 bits per heavy atom. The van der Waals surface area contributed by atoms with Gasteiger partial charge in [-0.3, -0.25) is 14.6 Å². The highest BCUT2D eigenvalue weighted by Gasteiger charge is 2.18. The number of carbonyl (C=O) groups excluding carboxylic acids is 1. The lowest BCUT2D eigenvalue weighted by atomic mass is 10.2. The van der Waals surface area contributed by atoms with E-state index in [4.69, 9.17) is 28.3 Å². The Morgan fingerprint density at radius 1 is 1.22 bits per heavy atom. The zero-order valence-electron chi connectivity index (χ0n) is 12.4. The SMILES string of the molecule is O=C(O)CCCCC(=O)NC1=NN(c2ccc(Cl)c(Cl)c2)CC1. The molecule has 0 atom stereocenters.